The summed E-state index contributed by atoms with van der Waals surface area (Å²) in [5, 5.41) is 0. The highest BCUT2D eigenvalue weighted by Crippen LogP contribution is 2.60. The van der Waals surface area contributed by atoms with Gasteiger partial charge in [-0.15, -0.1) is 23.5 Å². The first kappa shape index (κ1) is 6.38. The molecule has 0 bridgehead atoms. The Balaban J connectivity index is 1.90. The molecule has 0 radical (unpaired) electrons. The summed E-state index contributed by atoms with van der Waals surface area (Å²) in [6.07, 6.45) is 0. The molecule has 1 nitrogen and oxygen atoms in total. The Bertz CT molecular complexity index is 122. The molecule has 9 heavy (non-hydrogen) atoms. The van der Waals surface area contributed by atoms with Gasteiger partial charge < -0.3 is 4.74 Å². The van der Waals surface area contributed by atoms with E-state index in [0.717, 1.165) is 6.61 Å². The van der Waals surface area contributed by atoms with Crippen LogP contribution in [0.15, 0.2) is 0 Å². The Hall–Kier alpha value is 0.660. The first-order chi connectivity index (χ1) is 4.12. The molecule has 2 rings (SSSR count). The van der Waals surface area contributed by atoms with Crippen LogP contribution in [0.1, 0.15) is 13.8 Å². The molecule has 2 unspecified atom stereocenters. The molecule has 2 atom stereocenters. The van der Waals surface area contributed by atoms with Crippen LogP contribution in [-0.2, 0) is 4.74 Å². The van der Waals surface area contributed by atoms with Crippen LogP contribution < -0.4 is 0 Å². The van der Waals surface area contributed by atoms with E-state index in [9.17, 15) is 0 Å². The van der Waals surface area contributed by atoms with E-state index in [0.29, 0.717) is 4.08 Å². The molecule has 0 aromatic heterocycles. The second-order valence-electron chi connectivity index (χ2n) is 2.95. The van der Waals surface area contributed by atoms with Gasteiger partial charge in [-0.3, -0.25) is 0 Å². The summed E-state index contributed by atoms with van der Waals surface area (Å²) in [7, 11) is 0. The lowest BCUT2D eigenvalue weighted by atomic mass is 10.5. The normalized spacial score (nSPS) is 55.3. The number of rotatable bonds is 2. The van der Waals surface area contributed by atoms with E-state index < -0.39 is 0 Å². The Morgan fingerprint density at radius 3 is 2.44 bits per heavy atom. The molecular formula is C6H10OS2. The molecule has 2 fully saturated rings. The Morgan fingerprint density at radius 2 is 2.11 bits per heavy atom. The summed E-state index contributed by atoms with van der Waals surface area (Å²) in [5.74, 6) is 1.30. The van der Waals surface area contributed by atoms with Crippen LogP contribution >= 0.6 is 23.5 Å². The van der Waals surface area contributed by atoms with Crippen LogP contribution in [-0.4, -0.2) is 21.4 Å². The van der Waals surface area contributed by atoms with E-state index in [2.05, 4.69) is 13.8 Å². The van der Waals surface area contributed by atoms with Gasteiger partial charge in [0.2, 0.25) is 0 Å². The first-order valence-corrected chi connectivity index (χ1v) is 4.90. The summed E-state index contributed by atoms with van der Waals surface area (Å²) < 4.78 is 5.77. The van der Waals surface area contributed by atoms with Gasteiger partial charge in [-0.2, -0.15) is 0 Å². The van der Waals surface area contributed by atoms with Crippen molar-refractivity contribution in [1.29, 1.82) is 0 Å². The quantitative estimate of drug-likeness (QED) is 0.576. The van der Waals surface area contributed by atoms with Gasteiger partial charge in [0.15, 0.2) is 0 Å². The summed E-state index contributed by atoms with van der Waals surface area (Å²) in [6.45, 7) is 5.41. The Morgan fingerprint density at radius 1 is 1.56 bits per heavy atom. The number of thioether (sulfide) groups is 2. The minimum Gasteiger partial charge on any atom is -0.358 e. The fraction of sp³-hybridized carbons (Fsp3) is 1.00. The van der Waals surface area contributed by atoms with Gasteiger partial charge in [0, 0.05) is 5.75 Å². The first-order valence-electron chi connectivity index (χ1n) is 3.10. The zero-order valence-corrected chi connectivity index (χ0v) is 7.27. The van der Waals surface area contributed by atoms with Crippen molar-refractivity contribution < 1.29 is 4.74 Å². The minimum absolute atomic E-state index is 0.193. The van der Waals surface area contributed by atoms with Gasteiger partial charge in [0.05, 0.1) is 10.7 Å². The van der Waals surface area contributed by atoms with Crippen molar-refractivity contribution in [1.82, 2.24) is 0 Å². The van der Waals surface area contributed by atoms with Gasteiger partial charge >= 0.3 is 0 Å². The highest BCUT2D eigenvalue weighted by Gasteiger charge is 2.51. The van der Waals surface area contributed by atoms with Crippen molar-refractivity contribution in [2.24, 2.45) is 0 Å². The average Bonchev–Trinajstić information content (AvgIpc) is 2.55. The third-order valence-corrected chi connectivity index (χ3v) is 4.69. The molecule has 52 valence electrons. The van der Waals surface area contributed by atoms with Gasteiger partial charge in [0.1, 0.15) is 4.93 Å². The number of hydrogen-bond donors (Lipinski definition) is 0. The van der Waals surface area contributed by atoms with E-state index in [1.165, 1.54) is 5.75 Å². The zero-order valence-electron chi connectivity index (χ0n) is 5.64. The molecule has 0 aliphatic carbocycles. The predicted molar refractivity (Wildman–Crippen MR) is 42.8 cm³/mol. The maximum Gasteiger partial charge on any atom is 0.135 e. The number of hydrogen-bond acceptors (Lipinski definition) is 3. The molecule has 2 heterocycles. The van der Waals surface area contributed by atoms with Crippen LogP contribution in [0.2, 0.25) is 0 Å². The Kier molecular flexibility index (Phi) is 1.15. The van der Waals surface area contributed by atoms with Gasteiger partial charge in [-0.1, -0.05) is 0 Å². The summed E-state index contributed by atoms with van der Waals surface area (Å²) in [4.78, 5) is 0.193. The topological polar surface area (TPSA) is 12.5 Å². The maximum absolute atomic E-state index is 5.26. The Labute approximate surface area is 63.9 Å². The van der Waals surface area contributed by atoms with Crippen LogP contribution in [0.3, 0.4) is 0 Å². The van der Waals surface area contributed by atoms with Crippen molar-refractivity contribution in [2.75, 3.05) is 12.4 Å². The average molecular weight is 162 g/mol. The van der Waals surface area contributed by atoms with Crippen molar-refractivity contribution in [3.63, 3.8) is 0 Å². The minimum atomic E-state index is 0.193. The molecule has 0 spiro atoms. The molecule has 3 heteroatoms. The smallest absolute Gasteiger partial charge is 0.135 e. The molecule has 0 amide bonds. The summed E-state index contributed by atoms with van der Waals surface area (Å²) in [6, 6.07) is 0. The van der Waals surface area contributed by atoms with Crippen molar-refractivity contribution in [3.05, 3.63) is 0 Å². The monoisotopic (exact) mass is 162 g/mol. The molecular weight excluding hydrogens is 152 g/mol. The maximum atomic E-state index is 5.26. The van der Waals surface area contributed by atoms with E-state index in [1.807, 2.05) is 23.5 Å². The zero-order chi connectivity index (χ0) is 6.54. The van der Waals surface area contributed by atoms with Gasteiger partial charge in [-0.05, 0) is 13.8 Å². The fourth-order valence-electron chi connectivity index (χ4n) is 0.778. The lowest BCUT2D eigenvalue weighted by molar-refractivity contribution is 0.401. The predicted octanol–water partition coefficient (Wildman–Crippen LogP) is 1.93. The molecule has 2 aliphatic rings. The third kappa shape index (κ3) is 1.38. The van der Waals surface area contributed by atoms with Crippen molar-refractivity contribution in [2.45, 2.75) is 22.9 Å². The lowest BCUT2D eigenvalue weighted by Gasteiger charge is -2.08. The van der Waals surface area contributed by atoms with Crippen LogP contribution in [0.5, 0.6) is 0 Å². The SMILES string of the molecule is CC1(SC2(C)CS2)CO1. The molecule has 2 saturated heterocycles. The van der Waals surface area contributed by atoms with E-state index in [1.54, 1.807) is 0 Å². The van der Waals surface area contributed by atoms with Crippen molar-refractivity contribution in [3.8, 4) is 0 Å². The highest BCUT2D eigenvalue weighted by atomic mass is 32.2. The van der Waals surface area contributed by atoms with Crippen LogP contribution in [0.25, 0.3) is 0 Å². The van der Waals surface area contributed by atoms with Crippen molar-refractivity contribution >= 4 is 23.5 Å². The fourth-order valence-corrected chi connectivity index (χ4v) is 3.25. The van der Waals surface area contributed by atoms with Crippen LogP contribution in [0.4, 0.5) is 0 Å². The summed E-state index contributed by atoms with van der Waals surface area (Å²) >= 11 is 4.00. The van der Waals surface area contributed by atoms with E-state index in [4.69, 9.17) is 4.74 Å². The number of ether oxygens (including phenoxy) is 1. The molecule has 0 aromatic carbocycles. The number of epoxide rings is 1. The van der Waals surface area contributed by atoms with E-state index in [-0.39, 0.29) is 4.93 Å². The third-order valence-electron chi connectivity index (χ3n) is 1.53. The highest BCUT2D eigenvalue weighted by molar-refractivity contribution is 8.25. The molecule has 0 N–H and O–H groups in total. The molecule has 2 aliphatic heterocycles. The van der Waals surface area contributed by atoms with Gasteiger partial charge in [-0.25, -0.2) is 0 Å². The molecule has 0 aromatic rings. The molecule has 0 saturated carbocycles. The second kappa shape index (κ2) is 1.63. The lowest BCUT2D eigenvalue weighted by Crippen LogP contribution is -2.06. The van der Waals surface area contributed by atoms with Gasteiger partial charge in [0.25, 0.3) is 0 Å². The second-order valence-corrected chi connectivity index (χ2v) is 6.65. The summed E-state index contributed by atoms with van der Waals surface area (Å²) in [5.41, 5.74) is 0. The standard InChI is InChI=1S/C6H10OS2/c1-5(3-7-5)9-6(2)4-8-6/h3-4H2,1-2H3. The largest absolute Gasteiger partial charge is 0.358 e. The van der Waals surface area contributed by atoms with E-state index >= 15 is 0 Å². The van der Waals surface area contributed by atoms with Crippen LogP contribution in [0, 0.1) is 0 Å².